The summed E-state index contributed by atoms with van der Waals surface area (Å²) in [6, 6.07) is 21.0. The zero-order valence-electron chi connectivity index (χ0n) is 16.2. The molecule has 2 aromatic carbocycles. The Bertz CT molecular complexity index is 935. The Balaban J connectivity index is 1.31. The Morgan fingerprint density at radius 2 is 1.66 bits per heavy atom. The highest BCUT2D eigenvalue weighted by Crippen LogP contribution is 2.21. The average Bonchev–Trinajstić information content (AvgIpc) is 2.77. The van der Waals surface area contributed by atoms with Crippen molar-refractivity contribution in [3.63, 3.8) is 0 Å². The molecular formula is C23H24N4O2. The molecule has 1 fully saturated rings. The van der Waals surface area contributed by atoms with E-state index in [0.29, 0.717) is 22.9 Å². The van der Waals surface area contributed by atoms with Gasteiger partial charge in [-0.2, -0.15) is 0 Å². The maximum absolute atomic E-state index is 12.8. The number of nitrogens with two attached hydrogens (primary N) is 1. The first-order chi connectivity index (χ1) is 14.2. The minimum atomic E-state index is 0.0570. The Hall–Kier alpha value is -3.38. The summed E-state index contributed by atoms with van der Waals surface area (Å²) in [7, 11) is 0. The summed E-state index contributed by atoms with van der Waals surface area (Å²) in [6.07, 6.45) is 1.55. The smallest absolute Gasteiger partial charge is 0.253 e. The van der Waals surface area contributed by atoms with E-state index >= 15 is 0 Å². The van der Waals surface area contributed by atoms with Gasteiger partial charge in [0.2, 0.25) is 5.88 Å². The summed E-state index contributed by atoms with van der Waals surface area (Å²) in [5.41, 5.74) is 8.18. The molecule has 29 heavy (non-hydrogen) atoms. The predicted octanol–water partition coefficient (Wildman–Crippen LogP) is 3.41. The molecule has 1 amide bonds. The fraction of sp³-hybridized carbons (Fsp3) is 0.217. The van der Waals surface area contributed by atoms with E-state index in [4.69, 9.17) is 10.5 Å². The van der Waals surface area contributed by atoms with Gasteiger partial charge in [0.1, 0.15) is 5.75 Å². The normalized spacial score (nSPS) is 14.6. The number of amides is 1. The molecule has 3 aromatic rings. The van der Waals surface area contributed by atoms with Gasteiger partial charge in [0.25, 0.3) is 5.91 Å². The number of anilines is 1. The third kappa shape index (κ3) is 4.92. The van der Waals surface area contributed by atoms with Crippen LogP contribution in [0.15, 0.2) is 72.9 Å². The van der Waals surface area contributed by atoms with Crippen LogP contribution in [0.5, 0.6) is 11.6 Å². The zero-order valence-corrected chi connectivity index (χ0v) is 16.2. The maximum Gasteiger partial charge on any atom is 0.253 e. The van der Waals surface area contributed by atoms with Gasteiger partial charge in [-0.05, 0) is 35.9 Å². The van der Waals surface area contributed by atoms with E-state index in [1.807, 2.05) is 11.0 Å². The number of nitrogens with zero attached hydrogens (tertiary/aromatic N) is 3. The molecule has 0 radical (unpaired) electrons. The molecule has 148 valence electrons. The van der Waals surface area contributed by atoms with Crippen LogP contribution in [-0.2, 0) is 6.54 Å². The second-order valence-electron chi connectivity index (χ2n) is 7.11. The van der Waals surface area contributed by atoms with Crippen LogP contribution in [0.3, 0.4) is 0 Å². The molecule has 0 aliphatic carbocycles. The summed E-state index contributed by atoms with van der Waals surface area (Å²) in [5, 5.41) is 0. The van der Waals surface area contributed by atoms with Gasteiger partial charge < -0.3 is 15.4 Å². The van der Waals surface area contributed by atoms with Crippen LogP contribution < -0.4 is 10.5 Å². The highest BCUT2D eigenvalue weighted by atomic mass is 16.5. The molecule has 0 atom stereocenters. The molecule has 1 aliphatic rings. The van der Waals surface area contributed by atoms with Crippen molar-refractivity contribution in [3.8, 4) is 11.6 Å². The van der Waals surface area contributed by atoms with E-state index in [1.165, 1.54) is 5.56 Å². The van der Waals surface area contributed by atoms with E-state index in [9.17, 15) is 4.79 Å². The second-order valence-corrected chi connectivity index (χ2v) is 7.11. The van der Waals surface area contributed by atoms with Crippen LogP contribution in [0.1, 0.15) is 15.9 Å². The Morgan fingerprint density at radius 3 is 2.31 bits per heavy atom. The summed E-state index contributed by atoms with van der Waals surface area (Å²) in [5.74, 6) is 1.15. The fourth-order valence-corrected chi connectivity index (χ4v) is 3.37. The molecular weight excluding hydrogens is 364 g/mol. The number of hydrogen-bond acceptors (Lipinski definition) is 5. The standard InChI is InChI=1S/C23H24N4O2/c24-20-8-11-22(25-16-20)29-21-9-6-19(7-10-21)23(28)27-14-12-26(13-15-27)17-18-4-2-1-3-5-18/h1-11,16H,12-15,17,24H2. The number of carbonyl (C=O) groups is 1. The highest BCUT2D eigenvalue weighted by Gasteiger charge is 2.22. The second kappa shape index (κ2) is 8.75. The van der Waals surface area contributed by atoms with Crippen LogP contribution >= 0.6 is 0 Å². The van der Waals surface area contributed by atoms with Gasteiger partial charge in [-0.25, -0.2) is 4.98 Å². The molecule has 0 bridgehead atoms. The number of aromatic nitrogens is 1. The molecule has 6 heteroatoms. The van der Waals surface area contributed by atoms with E-state index in [-0.39, 0.29) is 5.91 Å². The monoisotopic (exact) mass is 388 g/mol. The van der Waals surface area contributed by atoms with Crippen molar-refractivity contribution >= 4 is 11.6 Å². The molecule has 4 rings (SSSR count). The van der Waals surface area contributed by atoms with Crippen LogP contribution in [0.4, 0.5) is 5.69 Å². The first-order valence-corrected chi connectivity index (χ1v) is 9.72. The molecule has 2 N–H and O–H groups in total. The number of carbonyl (C=O) groups excluding carboxylic acids is 1. The first-order valence-electron chi connectivity index (χ1n) is 9.72. The number of rotatable bonds is 5. The number of benzene rings is 2. The Labute approximate surface area is 170 Å². The Kier molecular flexibility index (Phi) is 5.72. The third-order valence-corrected chi connectivity index (χ3v) is 4.99. The van der Waals surface area contributed by atoms with Crippen molar-refractivity contribution in [3.05, 3.63) is 84.1 Å². The van der Waals surface area contributed by atoms with Crippen molar-refractivity contribution in [1.29, 1.82) is 0 Å². The van der Waals surface area contributed by atoms with Crippen LogP contribution in [0, 0.1) is 0 Å². The maximum atomic E-state index is 12.8. The van der Waals surface area contributed by atoms with Gasteiger partial charge in [-0.15, -0.1) is 0 Å². The number of pyridine rings is 1. The zero-order chi connectivity index (χ0) is 20.1. The minimum absolute atomic E-state index is 0.0570. The quantitative estimate of drug-likeness (QED) is 0.725. The van der Waals surface area contributed by atoms with Crippen molar-refractivity contribution in [2.24, 2.45) is 0 Å². The average molecular weight is 388 g/mol. The van der Waals surface area contributed by atoms with Gasteiger partial charge in [-0.1, -0.05) is 30.3 Å². The lowest BCUT2D eigenvalue weighted by atomic mass is 10.1. The van der Waals surface area contributed by atoms with Gasteiger partial charge in [0, 0.05) is 44.4 Å². The van der Waals surface area contributed by atoms with Gasteiger partial charge in [0.05, 0.1) is 11.9 Å². The lowest BCUT2D eigenvalue weighted by molar-refractivity contribution is 0.0628. The van der Waals surface area contributed by atoms with Crippen LogP contribution in [0.25, 0.3) is 0 Å². The van der Waals surface area contributed by atoms with E-state index < -0.39 is 0 Å². The summed E-state index contributed by atoms with van der Waals surface area (Å²) >= 11 is 0. The van der Waals surface area contributed by atoms with E-state index in [2.05, 4.69) is 34.1 Å². The molecule has 1 saturated heterocycles. The topological polar surface area (TPSA) is 71.7 Å². The van der Waals surface area contributed by atoms with Gasteiger partial charge >= 0.3 is 0 Å². The molecule has 1 aliphatic heterocycles. The van der Waals surface area contributed by atoms with E-state index in [0.717, 1.165) is 32.7 Å². The predicted molar refractivity (Wildman–Crippen MR) is 113 cm³/mol. The number of hydrogen-bond donors (Lipinski definition) is 1. The molecule has 1 aromatic heterocycles. The molecule has 6 nitrogen and oxygen atoms in total. The summed E-state index contributed by atoms with van der Waals surface area (Å²) in [6.45, 7) is 4.15. The third-order valence-electron chi connectivity index (χ3n) is 4.99. The fourth-order valence-electron chi connectivity index (χ4n) is 3.37. The lowest BCUT2D eigenvalue weighted by Crippen LogP contribution is -2.48. The number of ether oxygens (including phenoxy) is 1. The largest absolute Gasteiger partial charge is 0.439 e. The Morgan fingerprint density at radius 1 is 0.931 bits per heavy atom. The van der Waals surface area contributed by atoms with Crippen LogP contribution in [-0.4, -0.2) is 46.9 Å². The van der Waals surface area contributed by atoms with Gasteiger partial charge in [0.15, 0.2) is 0 Å². The van der Waals surface area contributed by atoms with Gasteiger partial charge in [-0.3, -0.25) is 9.69 Å². The highest BCUT2D eigenvalue weighted by molar-refractivity contribution is 5.94. The van der Waals surface area contributed by atoms with Crippen molar-refractivity contribution < 1.29 is 9.53 Å². The molecule has 0 saturated carbocycles. The van der Waals surface area contributed by atoms with Crippen molar-refractivity contribution in [2.75, 3.05) is 31.9 Å². The minimum Gasteiger partial charge on any atom is -0.439 e. The number of piperazine rings is 1. The lowest BCUT2D eigenvalue weighted by Gasteiger charge is -2.34. The summed E-state index contributed by atoms with van der Waals surface area (Å²) < 4.78 is 5.69. The van der Waals surface area contributed by atoms with Crippen molar-refractivity contribution in [1.82, 2.24) is 14.8 Å². The molecule has 0 unspecified atom stereocenters. The molecule has 0 spiro atoms. The SMILES string of the molecule is Nc1ccc(Oc2ccc(C(=O)N3CCN(Cc4ccccc4)CC3)cc2)nc1. The summed E-state index contributed by atoms with van der Waals surface area (Å²) in [4.78, 5) is 21.2. The number of nitrogen functional groups attached to an aromatic ring is 1. The first kappa shape index (κ1) is 19.0. The van der Waals surface area contributed by atoms with Crippen molar-refractivity contribution in [2.45, 2.75) is 6.54 Å². The van der Waals surface area contributed by atoms with Crippen LogP contribution in [0.2, 0.25) is 0 Å². The van der Waals surface area contributed by atoms with E-state index in [1.54, 1.807) is 42.6 Å². The molecule has 2 heterocycles.